The highest BCUT2D eigenvalue weighted by Gasteiger charge is 2.40. The van der Waals surface area contributed by atoms with Gasteiger partial charge in [-0.05, 0) is 93.9 Å². The highest BCUT2D eigenvalue weighted by Crippen LogP contribution is 2.50. The molecule has 4 amide bonds. The zero-order valence-electron chi connectivity index (χ0n) is 24.8. The molecule has 1 saturated heterocycles. The lowest BCUT2D eigenvalue weighted by atomic mass is 9.76. The predicted octanol–water partition coefficient (Wildman–Crippen LogP) is 7.39. The summed E-state index contributed by atoms with van der Waals surface area (Å²) < 4.78 is 6.30. The molecule has 7 nitrogen and oxygen atoms in total. The van der Waals surface area contributed by atoms with E-state index in [1.54, 1.807) is 18.2 Å². The van der Waals surface area contributed by atoms with Crippen LogP contribution in [0.25, 0.3) is 6.08 Å². The number of hydrogen-bond acceptors (Lipinski definition) is 5. The van der Waals surface area contributed by atoms with Crippen molar-refractivity contribution in [2.24, 2.45) is 0 Å². The Bertz CT molecular complexity index is 1770. The number of carbonyl (C=O) groups excluding carboxylic acids is 3. The average Bonchev–Trinajstić information content (AvgIpc) is 3.05. The first-order chi connectivity index (χ1) is 21.9. The van der Waals surface area contributed by atoms with Crippen LogP contribution in [0.2, 0.25) is 0 Å². The molecule has 0 spiro atoms. The van der Waals surface area contributed by atoms with Gasteiger partial charge < -0.3 is 9.64 Å². The Morgan fingerprint density at radius 3 is 2.00 bits per heavy atom. The molecule has 0 unspecified atom stereocenters. The second-order valence-electron chi connectivity index (χ2n) is 11.5. The highest BCUT2D eigenvalue weighted by molar-refractivity contribution is 9.10. The van der Waals surface area contributed by atoms with Crippen molar-refractivity contribution in [2.75, 3.05) is 29.5 Å². The van der Waals surface area contributed by atoms with Crippen molar-refractivity contribution in [3.8, 4) is 5.75 Å². The van der Waals surface area contributed by atoms with Crippen LogP contribution in [0.15, 0.2) is 101 Å². The number of ether oxygens (including phenoxy) is 1. The number of amides is 4. The Labute approximate surface area is 270 Å². The number of carbonyl (C=O) groups is 3. The maximum atomic E-state index is 14.1. The number of hydrogen-bond donors (Lipinski definition) is 1. The van der Waals surface area contributed by atoms with Crippen molar-refractivity contribution in [1.82, 2.24) is 5.32 Å². The van der Waals surface area contributed by atoms with Gasteiger partial charge in [0.1, 0.15) is 11.3 Å². The van der Waals surface area contributed by atoms with E-state index in [0.29, 0.717) is 28.1 Å². The molecule has 0 saturated carbocycles. The number of barbiturate groups is 1. The van der Waals surface area contributed by atoms with E-state index < -0.39 is 17.8 Å². The SMILES string of the molecule is CCOc1ccc(/C=C2\C(=O)NC(=O)N(c3cc4c5c(c3)[C@@H](c3ccccc3)CCN5CC[C@@H]4c3ccccc3)C2=O)cc1Br. The van der Waals surface area contributed by atoms with Crippen molar-refractivity contribution < 1.29 is 19.1 Å². The van der Waals surface area contributed by atoms with E-state index in [0.717, 1.165) is 42.0 Å². The molecule has 0 aromatic heterocycles. The lowest BCUT2D eigenvalue weighted by Crippen LogP contribution is -2.54. The van der Waals surface area contributed by atoms with Gasteiger partial charge in [-0.1, -0.05) is 66.7 Å². The van der Waals surface area contributed by atoms with Crippen molar-refractivity contribution in [3.63, 3.8) is 0 Å². The molecule has 0 bridgehead atoms. The number of imide groups is 2. The minimum absolute atomic E-state index is 0.103. The maximum absolute atomic E-state index is 14.1. The van der Waals surface area contributed by atoms with Gasteiger partial charge in [-0.3, -0.25) is 14.9 Å². The van der Waals surface area contributed by atoms with E-state index in [1.165, 1.54) is 22.9 Å². The van der Waals surface area contributed by atoms with Gasteiger partial charge in [-0.25, -0.2) is 9.69 Å². The zero-order valence-corrected chi connectivity index (χ0v) is 26.4. The lowest BCUT2D eigenvalue weighted by Gasteiger charge is -2.44. The van der Waals surface area contributed by atoms with Crippen molar-refractivity contribution in [3.05, 3.63) is 129 Å². The number of urea groups is 1. The molecule has 0 radical (unpaired) electrons. The van der Waals surface area contributed by atoms with E-state index >= 15 is 0 Å². The number of rotatable bonds is 6. The molecular formula is C37H32BrN3O4. The first kappa shape index (κ1) is 29.0. The van der Waals surface area contributed by atoms with Gasteiger partial charge >= 0.3 is 6.03 Å². The fraction of sp³-hybridized carbons (Fsp3) is 0.216. The third-order valence-corrected chi connectivity index (χ3v) is 9.55. The molecule has 45 heavy (non-hydrogen) atoms. The van der Waals surface area contributed by atoms with Crippen LogP contribution in [0.1, 0.15) is 59.4 Å². The van der Waals surface area contributed by atoms with Crippen molar-refractivity contribution in [1.29, 1.82) is 0 Å². The van der Waals surface area contributed by atoms with Crippen LogP contribution in [0.5, 0.6) is 5.75 Å². The summed E-state index contributed by atoms with van der Waals surface area (Å²) in [7, 11) is 0. The van der Waals surface area contributed by atoms with Crippen LogP contribution < -0.4 is 19.9 Å². The van der Waals surface area contributed by atoms with Crippen molar-refractivity contribution >= 4 is 51.2 Å². The number of nitrogens with one attached hydrogen (secondary N) is 1. The van der Waals surface area contributed by atoms with E-state index in [2.05, 4.69) is 50.4 Å². The molecule has 3 aliphatic heterocycles. The number of anilines is 2. The summed E-state index contributed by atoms with van der Waals surface area (Å²) in [6.45, 7) is 4.27. The molecule has 1 N–H and O–H groups in total. The molecule has 8 heteroatoms. The van der Waals surface area contributed by atoms with Gasteiger partial charge in [0, 0.05) is 30.6 Å². The summed E-state index contributed by atoms with van der Waals surface area (Å²) in [4.78, 5) is 44.1. The average molecular weight is 663 g/mol. The van der Waals surface area contributed by atoms with Crippen LogP contribution in [-0.4, -0.2) is 37.5 Å². The Morgan fingerprint density at radius 2 is 1.44 bits per heavy atom. The smallest absolute Gasteiger partial charge is 0.335 e. The van der Waals surface area contributed by atoms with Crippen molar-refractivity contribution in [2.45, 2.75) is 31.6 Å². The summed E-state index contributed by atoms with van der Waals surface area (Å²) in [6, 6.07) is 29.3. The number of benzene rings is 4. The van der Waals surface area contributed by atoms with E-state index in [4.69, 9.17) is 4.74 Å². The van der Waals surface area contributed by atoms with Gasteiger partial charge in [0.15, 0.2) is 0 Å². The summed E-state index contributed by atoms with van der Waals surface area (Å²) in [5.41, 5.74) is 6.76. The fourth-order valence-electron chi connectivity index (χ4n) is 6.91. The number of nitrogens with zero attached hydrogens (tertiary/aromatic N) is 2. The van der Waals surface area contributed by atoms with E-state index in [1.807, 2.05) is 55.5 Å². The Hall–Kier alpha value is -4.69. The molecule has 0 aliphatic carbocycles. The molecule has 4 aromatic carbocycles. The topological polar surface area (TPSA) is 79.0 Å². The molecule has 7 rings (SSSR count). The summed E-state index contributed by atoms with van der Waals surface area (Å²) in [6.07, 6.45) is 3.36. The Balaban J connectivity index is 1.36. The highest BCUT2D eigenvalue weighted by atomic mass is 79.9. The first-order valence-corrected chi connectivity index (χ1v) is 16.1. The van der Waals surface area contributed by atoms with Gasteiger partial charge in [0.2, 0.25) is 0 Å². The molecule has 3 heterocycles. The van der Waals surface area contributed by atoms with Gasteiger partial charge in [0.25, 0.3) is 11.8 Å². The van der Waals surface area contributed by atoms with E-state index in [-0.39, 0.29) is 17.4 Å². The Kier molecular flexibility index (Phi) is 7.75. The fourth-order valence-corrected chi connectivity index (χ4v) is 7.42. The monoisotopic (exact) mass is 661 g/mol. The zero-order chi connectivity index (χ0) is 31.1. The summed E-state index contributed by atoms with van der Waals surface area (Å²) >= 11 is 3.50. The van der Waals surface area contributed by atoms with Crippen LogP contribution in [-0.2, 0) is 9.59 Å². The van der Waals surface area contributed by atoms with Crippen LogP contribution in [0.4, 0.5) is 16.2 Å². The molecule has 226 valence electrons. The largest absolute Gasteiger partial charge is 0.493 e. The van der Waals surface area contributed by atoms with Gasteiger partial charge in [0.05, 0.1) is 16.8 Å². The summed E-state index contributed by atoms with van der Waals surface area (Å²) in [5, 5.41) is 2.41. The first-order valence-electron chi connectivity index (χ1n) is 15.3. The minimum Gasteiger partial charge on any atom is -0.493 e. The second kappa shape index (κ2) is 12.0. The van der Waals surface area contributed by atoms with Crippen LogP contribution >= 0.6 is 15.9 Å². The summed E-state index contributed by atoms with van der Waals surface area (Å²) in [5.74, 6) is -0.509. The second-order valence-corrected chi connectivity index (χ2v) is 12.4. The maximum Gasteiger partial charge on any atom is 0.335 e. The molecule has 3 aliphatic rings. The third-order valence-electron chi connectivity index (χ3n) is 8.93. The van der Waals surface area contributed by atoms with Crippen LogP contribution in [0.3, 0.4) is 0 Å². The van der Waals surface area contributed by atoms with Gasteiger partial charge in [-0.15, -0.1) is 0 Å². The van der Waals surface area contributed by atoms with Crippen LogP contribution in [0, 0.1) is 0 Å². The normalized spacial score (nSPS) is 20.2. The minimum atomic E-state index is -0.752. The molecule has 2 atom stereocenters. The quantitative estimate of drug-likeness (QED) is 0.172. The lowest BCUT2D eigenvalue weighted by molar-refractivity contribution is -0.122. The van der Waals surface area contributed by atoms with E-state index in [9.17, 15) is 14.4 Å². The van der Waals surface area contributed by atoms with Gasteiger partial charge in [-0.2, -0.15) is 0 Å². The standard InChI is InChI=1S/C37H32BrN3O4/c1-2-45-33-14-13-23(20-32(33)38)19-31-35(42)39-37(44)41(36(31)43)26-21-29-27(24-9-5-3-6-10-24)15-17-40-18-16-28(30(22-26)34(29)40)25-11-7-4-8-12-25/h3-14,19-22,27-28H,2,15-18H2,1H3,(H,39,42,44)/b31-19+/t27-,28-/m1/s1. The predicted molar refractivity (Wildman–Crippen MR) is 179 cm³/mol. The molecule has 1 fully saturated rings. The molecular weight excluding hydrogens is 630 g/mol. The third kappa shape index (κ3) is 5.33. The molecule has 4 aromatic rings. The Morgan fingerprint density at radius 1 is 0.844 bits per heavy atom. The number of halogens is 1.